The molecule has 1 fully saturated rings. The number of rotatable bonds is 2. The maximum Gasteiger partial charge on any atom is 0.496 e. The normalized spacial score (nSPS) is 20.8. The molecule has 0 atom stereocenters. The molecule has 2 aromatic rings. The average Bonchev–Trinajstić information content (AvgIpc) is 2.87. The average molecular weight is 307 g/mol. The van der Waals surface area contributed by atoms with Gasteiger partial charge >= 0.3 is 7.12 Å². The highest BCUT2D eigenvalue weighted by atomic mass is 32.2. The summed E-state index contributed by atoms with van der Waals surface area (Å²) in [6, 6.07) is 6.14. The number of hydrogen-bond acceptors (Lipinski definition) is 5. The number of nitrogens with zero attached hydrogens (tertiary/aromatic N) is 1. The SMILES string of the molecule is CSc1nc2cccc(B3OC(C)(C)C(C)(C)O3)c2s1. The van der Waals surface area contributed by atoms with Gasteiger partial charge in [-0.2, -0.15) is 0 Å². The van der Waals surface area contributed by atoms with E-state index in [1.165, 1.54) is 0 Å². The molecular weight excluding hydrogens is 289 g/mol. The first-order valence-electron chi connectivity index (χ1n) is 6.63. The summed E-state index contributed by atoms with van der Waals surface area (Å²) in [4.78, 5) is 4.61. The number of benzene rings is 1. The van der Waals surface area contributed by atoms with Gasteiger partial charge in [-0.15, -0.1) is 11.3 Å². The fraction of sp³-hybridized carbons (Fsp3) is 0.500. The standard InChI is InChI=1S/C14H18BNO2S2/c1-13(2)14(3,4)18-15(17-13)9-7-6-8-10-11(9)20-12(16-10)19-5/h6-8H,1-5H3. The van der Waals surface area contributed by atoms with E-state index < -0.39 is 0 Å². The lowest BCUT2D eigenvalue weighted by Crippen LogP contribution is -2.41. The van der Waals surface area contributed by atoms with Gasteiger partial charge in [0.05, 0.1) is 21.4 Å². The first-order chi connectivity index (χ1) is 9.34. The van der Waals surface area contributed by atoms with Crippen molar-refractivity contribution in [1.82, 2.24) is 4.98 Å². The minimum absolute atomic E-state index is 0.313. The highest BCUT2D eigenvalue weighted by Gasteiger charge is 2.52. The molecule has 6 heteroatoms. The zero-order valence-corrected chi connectivity index (χ0v) is 14.0. The molecule has 1 saturated heterocycles. The second-order valence-corrected chi connectivity index (χ2v) is 8.02. The number of fused-ring (bicyclic) bond motifs is 1. The zero-order valence-electron chi connectivity index (χ0n) is 12.4. The monoisotopic (exact) mass is 307 g/mol. The maximum atomic E-state index is 6.15. The molecule has 1 aliphatic heterocycles. The second kappa shape index (κ2) is 4.73. The van der Waals surface area contributed by atoms with Gasteiger partial charge in [-0.1, -0.05) is 23.9 Å². The van der Waals surface area contributed by atoms with E-state index in [-0.39, 0.29) is 18.3 Å². The van der Waals surface area contributed by atoms with E-state index in [9.17, 15) is 0 Å². The van der Waals surface area contributed by atoms with E-state index in [0.29, 0.717) is 0 Å². The molecule has 2 heterocycles. The Balaban J connectivity index is 2.05. The molecule has 20 heavy (non-hydrogen) atoms. The predicted octanol–water partition coefficient (Wildman–Crippen LogP) is 3.32. The van der Waals surface area contributed by atoms with Gasteiger partial charge in [0, 0.05) is 5.46 Å². The Labute approximate surface area is 128 Å². The molecule has 0 N–H and O–H groups in total. The lowest BCUT2D eigenvalue weighted by atomic mass is 9.79. The van der Waals surface area contributed by atoms with Crippen LogP contribution in [0.15, 0.2) is 22.5 Å². The molecule has 0 spiro atoms. The zero-order chi connectivity index (χ0) is 14.5. The summed E-state index contributed by atoms with van der Waals surface area (Å²) >= 11 is 3.37. The van der Waals surface area contributed by atoms with Crippen molar-refractivity contribution in [3.8, 4) is 0 Å². The van der Waals surface area contributed by atoms with Crippen LogP contribution in [0.2, 0.25) is 0 Å². The fourth-order valence-corrected chi connectivity index (χ4v) is 3.78. The van der Waals surface area contributed by atoms with E-state index in [1.807, 2.05) is 18.4 Å². The third-order valence-corrected chi connectivity index (χ3v) is 6.21. The summed E-state index contributed by atoms with van der Waals surface area (Å²) in [5.41, 5.74) is 1.48. The van der Waals surface area contributed by atoms with Crippen LogP contribution in [0.4, 0.5) is 0 Å². The summed E-state index contributed by atoms with van der Waals surface area (Å²) in [5, 5.41) is 0. The fourth-order valence-electron chi connectivity index (χ4n) is 2.19. The molecule has 106 valence electrons. The highest BCUT2D eigenvalue weighted by molar-refractivity contribution is 8.00. The minimum Gasteiger partial charge on any atom is -0.399 e. The van der Waals surface area contributed by atoms with Gasteiger partial charge < -0.3 is 9.31 Å². The van der Waals surface area contributed by atoms with E-state index in [1.54, 1.807) is 23.1 Å². The van der Waals surface area contributed by atoms with Crippen molar-refractivity contribution >= 4 is 45.9 Å². The molecule has 3 rings (SSSR count). The van der Waals surface area contributed by atoms with Crippen molar-refractivity contribution in [3.63, 3.8) is 0 Å². The van der Waals surface area contributed by atoms with Crippen LogP contribution in [0.5, 0.6) is 0 Å². The van der Waals surface area contributed by atoms with Gasteiger partial charge in [0.15, 0.2) is 4.34 Å². The molecular formula is C14H18BNO2S2. The first-order valence-corrected chi connectivity index (χ1v) is 8.67. The van der Waals surface area contributed by atoms with Crippen LogP contribution in [0.1, 0.15) is 27.7 Å². The van der Waals surface area contributed by atoms with Crippen LogP contribution in [0, 0.1) is 0 Å². The number of thioether (sulfide) groups is 1. The molecule has 0 bridgehead atoms. The van der Waals surface area contributed by atoms with Crippen LogP contribution in [0.3, 0.4) is 0 Å². The van der Waals surface area contributed by atoms with Crippen molar-refractivity contribution in [1.29, 1.82) is 0 Å². The van der Waals surface area contributed by atoms with Crippen LogP contribution in [-0.4, -0.2) is 29.6 Å². The van der Waals surface area contributed by atoms with Crippen molar-refractivity contribution < 1.29 is 9.31 Å². The van der Waals surface area contributed by atoms with Crippen LogP contribution >= 0.6 is 23.1 Å². The smallest absolute Gasteiger partial charge is 0.399 e. The van der Waals surface area contributed by atoms with Crippen molar-refractivity contribution in [3.05, 3.63) is 18.2 Å². The summed E-state index contributed by atoms with van der Waals surface area (Å²) in [6.45, 7) is 8.31. The van der Waals surface area contributed by atoms with Crippen LogP contribution in [0.25, 0.3) is 10.2 Å². The lowest BCUT2D eigenvalue weighted by Gasteiger charge is -2.32. The quantitative estimate of drug-likeness (QED) is 0.629. The summed E-state index contributed by atoms with van der Waals surface area (Å²) < 4.78 is 14.5. The second-order valence-electron chi connectivity index (χ2n) is 5.97. The molecule has 1 aromatic heterocycles. The van der Waals surface area contributed by atoms with Crippen LogP contribution in [-0.2, 0) is 9.31 Å². The van der Waals surface area contributed by atoms with E-state index in [0.717, 1.165) is 20.0 Å². The summed E-state index contributed by atoms with van der Waals surface area (Å²) in [6.07, 6.45) is 2.05. The lowest BCUT2D eigenvalue weighted by molar-refractivity contribution is 0.00578. The Hall–Kier alpha value is -0.555. The van der Waals surface area contributed by atoms with Gasteiger partial charge in [0.1, 0.15) is 0 Å². The van der Waals surface area contributed by atoms with E-state index >= 15 is 0 Å². The molecule has 0 aliphatic carbocycles. The predicted molar refractivity (Wildman–Crippen MR) is 87.1 cm³/mol. The maximum absolute atomic E-state index is 6.15. The van der Waals surface area contributed by atoms with E-state index in [2.05, 4.69) is 38.7 Å². The van der Waals surface area contributed by atoms with Gasteiger partial charge in [0.25, 0.3) is 0 Å². The summed E-state index contributed by atoms with van der Waals surface area (Å²) in [5.74, 6) is 0. The van der Waals surface area contributed by atoms with Crippen molar-refractivity contribution in [2.75, 3.05) is 6.26 Å². The molecule has 0 amide bonds. The number of aromatic nitrogens is 1. The molecule has 0 radical (unpaired) electrons. The van der Waals surface area contributed by atoms with Gasteiger partial charge in [-0.25, -0.2) is 4.98 Å². The Morgan fingerprint density at radius 2 is 1.80 bits per heavy atom. The number of hydrogen-bond donors (Lipinski definition) is 0. The topological polar surface area (TPSA) is 31.4 Å². The minimum atomic E-state index is -0.321. The summed E-state index contributed by atoms with van der Waals surface area (Å²) in [7, 11) is -0.321. The molecule has 1 aliphatic rings. The Bertz CT molecular complexity index is 638. The van der Waals surface area contributed by atoms with Gasteiger partial charge in [-0.3, -0.25) is 0 Å². The highest BCUT2D eigenvalue weighted by Crippen LogP contribution is 2.37. The third kappa shape index (κ3) is 2.19. The van der Waals surface area contributed by atoms with Gasteiger partial charge in [-0.05, 0) is 40.0 Å². The molecule has 1 aromatic carbocycles. The van der Waals surface area contributed by atoms with Gasteiger partial charge in [0.2, 0.25) is 0 Å². The Kier molecular flexibility index (Phi) is 3.40. The third-order valence-electron chi connectivity index (χ3n) is 4.11. The number of thiazole rings is 1. The van der Waals surface area contributed by atoms with Crippen molar-refractivity contribution in [2.24, 2.45) is 0 Å². The van der Waals surface area contributed by atoms with Crippen molar-refractivity contribution in [2.45, 2.75) is 43.2 Å². The Morgan fingerprint density at radius 1 is 1.15 bits per heavy atom. The molecule has 0 unspecified atom stereocenters. The van der Waals surface area contributed by atoms with E-state index in [4.69, 9.17) is 9.31 Å². The molecule has 0 saturated carbocycles. The Morgan fingerprint density at radius 3 is 2.40 bits per heavy atom. The first kappa shape index (κ1) is 14.4. The largest absolute Gasteiger partial charge is 0.496 e. The molecule has 3 nitrogen and oxygen atoms in total. The van der Waals surface area contributed by atoms with Crippen LogP contribution < -0.4 is 5.46 Å².